The first kappa shape index (κ1) is 16.6. The molecule has 1 aliphatic carbocycles. The van der Waals surface area contributed by atoms with E-state index in [2.05, 4.69) is 44.5 Å². The maximum Gasteiger partial charge on any atom is 0.252 e. The fraction of sp³-hybridized carbons (Fsp3) is 0.333. The molecule has 26 heavy (non-hydrogen) atoms. The van der Waals surface area contributed by atoms with E-state index >= 15 is 0 Å². The second-order valence-corrected chi connectivity index (χ2v) is 7.08. The van der Waals surface area contributed by atoms with Crippen LogP contribution in [0.3, 0.4) is 0 Å². The van der Waals surface area contributed by atoms with Gasteiger partial charge < -0.3 is 15.2 Å². The summed E-state index contributed by atoms with van der Waals surface area (Å²) in [6, 6.07) is 14.2. The van der Waals surface area contributed by atoms with Crippen molar-refractivity contribution in [3.63, 3.8) is 0 Å². The van der Waals surface area contributed by atoms with Crippen LogP contribution in [0.25, 0.3) is 11.0 Å². The van der Waals surface area contributed by atoms with Gasteiger partial charge in [0.15, 0.2) is 0 Å². The van der Waals surface area contributed by atoms with E-state index in [-0.39, 0.29) is 5.91 Å². The molecule has 0 saturated heterocycles. The van der Waals surface area contributed by atoms with Gasteiger partial charge in [-0.3, -0.25) is 4.79 Å². The maximum atomic E-state index is 12.7. The number of amides is 1. The van der Waals surface area contributed by atoms with Crippen LogP contribution >= 0.6 is 0 Å². The third-order valence-electron chi connectivity index (χ3n) is 4.98. The van der Waals surface area contributed by atoms with Crippen LogP contribution in [-0.2, 0) is 6.42 Å². The number of hydrogen-bond acceptors (Lipinski definition) is 3. The molecule has 1 fully saturated rings. The summed E-state index contributed by atoms with van der Waals surface area (Å²) in [6.07, 6.45) is 5.22. The Balaban J connectivity index is 1.53. The Morgan fingerprint density at radius 2 is 2.08 bits per heavy atom. The van der Waals surface area contributed by atoms with Crippen LogP contribution in [0.5, 0.6) is 0 Å². The number of anilines is 1. The number of rotatable bonds is 7. The molecule has 0 spiro atoms. The predicted molar refractivity (Wildman–Crippen MR) is 105 cm³/mol. The van der Waals surface area contributed by atoms with Crippen LogP contribution in [-0.4, -0.2) is 36.0 Å². The SMILES string of the molecule is CN(CCc1ccccc1)c1cc(C(=O)NCC2CC2)c2cc[nH]c2n1. The molecule has 0 radical (unpaired) electrons. The Labute approximate surface area is 153 Å². The summed E-state index contributed by atoms with van der Waals surface area (Å²) >= 11 is 0. The van der Waals surface area contributed by atoms with Gasteiger partial charge in [0.2, 0.25) is 0 Å². The molecule has 2 aromatic heterocycles. The molecule has 0 atom stereocenters. The minimum Gasteiger partial charge on any atom is -0.359 e. The van der Waals surface area contributed by atoms with Gasteiger partial charge in [-0.1, -0.05) is 30.3 Å². The van der Waals surface area contributed by atoms with Gasteiger partial charge in [0.05, 0.1) is 5.56 Å². The smallest absolute Gasteiger partial charge is 0.252 e. The zero-order valence-electron chi connectivity index (χ0n) is 15.0. The third kappa shape index (κ3) is 3.72. The summed E-state index contributed by atoms with van der Waals surface area (Å²) in [5, 5.41) is 3.94. The molecule has 0 bridgehead atoms. The molecule has 1 aromatic carbocycles. The van der Waals surface area contributed by atoms with Crippen LogP contribution in [0, 0.1) is 5.92 Å². The monoisotopic (exact) mass is 348 g/mol. The van der Waals surface area contributed by atoms with Crippen molar-refractivity contribution in [2.45, 2.75) is 19.3 Å². The molecular formula is C21H24N4O. The van der Waals surface area contributed by atoms with Crippen molar-refractivity contribution in [2.24, 2.45) is 5.92 Å². The lowest BCUT2D eigenvalue weighted by molar-refractivity contribution is 0.0953. The highest BCUT2D eigenvalue weighted by atomic mass is 16.1. The zero-order chi connectivity index (χ0) is 17.9. The third-order valence-corrected chi connectivity index (χ3v) is 4.98. The van der Waals surface area contributed by atoms with Gasteiger partial charge in [0, 0.05) is 31.7 Å². The number of hydrogen-bond donors (Lipinski definition) is 2. The van der Waals surface area contributed by atoms with Crippen LogP contribution in [0.1, 0.15) is 28.8 Å². The van der Waals surface area contributed by atoms with Crippen molar-refractivity contribution >= 4 is 22.8 Å². The van der Waals surface area contributed by atoms with E-state index in [0.717, 1.165) is 36.4 Å². The van der Waals surface area contributed by atoms with Crippen molar-refractivity contribution in [1.29, 1.82) is 0 Å². The molecule has 1 saturated carbocycles. The largest absolute Gasteiger partial charge is 0.359 e. The van der Waals surface area contributed by atoms with Gasteiger partial charge in [0.1, 0.15) is 11.5 Å². The van der Waals surface area contributed by atoms with Crippen molar-refractivity contribution in [3.8, 4) is 0 Å². The van der Waals surface area contributed by atoms with Gasteiger partial charge in [-0.15, -0.1) is 0 Å². The first-order chi connectivity index (χ1) is 12.7. The van der Waals surface area contributed by atoms with Crippen molar-refractivity contribution in [1.82, 2.24) is 15.3 Å². The molecular weight excluding hydrogens is 324 g/mol. The van der Waals surface area contributed by atoms with E-state index in [1.807, 2.05) is 31.4 Å². The topological polar surface area (TPSA) is 61.0 Å². The molecule has 0 unspecified atom stereocenters. The first-order valence-electron chi connectivity index (χ1n) is 9.22. The fourth-order valence-electron chi connectivity index (χ4n) is 3.12. The highest BCUT2D eigenvalue weighted by Gasteiger charge is 2.23. The van der Waals surface area contributed by atoms with E-state index in [1.165, 1.54) is 18.4 Å². The predicted octanol–water partition coefficient (Wildman–Crippen LogP) is 3.38. The highest BCUT2D eigenvalue weighted by molar-refractivity contribution is 6.06. The molecule has 0 aliphatic heterocycles. The molecule has 1 aliphatic rings. The van der Waals surface area contributed by atoms with Crippen LogP contribution < -0.4 is 10.2 Å². The summed E-state index contributed by atoms with van der Waals surface area (Å²) in [5.74, 6) is 1.46. The number of carbonyl (C=O) groups is 1. The summed E-state index contributed by atoms with van der Waals surface area (Å²) in [7, 11) is 2.02. The molecule has 5 nitrogen and oxygen atoms in total. The van der Waals surface area contributed by atoms with E-state index in [9.17, 15) is 4.79 Å². The highest BCUT2D eigenvalue weighted by Crippen LogP contribution is 2.28. The lowest BCUT2D eigenvalue weighted by atomic mass is 10.1. The minimum absolute atomic E-state index is 0.0124. The minimum atomic E-state index is -0.0124. The Bertz CT molecular complexity index is 899. The number of benzene rings is 1. The second kappa shape index (κ2) is 7.20. The first-order valence-corrected chi connectivity index (χ1v) is 9.22. The summed E-state index contributed by atoms with van der Waals surface area (Å²) in [6.45, 7) is 1.61. The standard InChI is InChI=1S/C21H24N4O/c1-25(12-10-15-5-3-2-4-6-15)19-13-18(17-9-11-22-20(17)24-19)21(26)23-14-16-7-8-16/h2-6,9,11,13,16H,7-8,10,12,14H2,1H3,(H,22,24)(H,23,26). The van der Waals surface area contributed by atoms with Crippen LogP contribution in [0.15, 0.2) is 48.7 Å². The molecule has 2 heterocycles. The van der Waals surface area contributed by atoms with Gasteiger partial charge in [-0.25, -0.2) is 4.98 Å². The Hall–Kier alpha value is -2.82. The number of nitrogens with zero attached hydrogens (tertiary/aromatic N) is 2. The number of carbonyl (C=O) groups excluding carboxylic acids is 1. The summed E-state index contributed by atoms with van der Waals surface area (Å²) in [5.41, 5.74) is 2.74. The number of H-pyrrole nitrogens is 1. The van der Waals surface area contributed by atoms with E-state index in [4.69, 9.17) is 0 Å². The molecule has 1 amide bonds. The second-order valence-electron chi connectivity index (χ2n) is 7.08. The van der Waals surface area contributed by atoms with E-state index in [1.54, 1.807) is 0 Å². The lowest BCUT2D eigenvalue weighted by Crippen LogP contribution is -2.27. The van der Waals surface area contributed by atoms with Gasteiger partial charge >= 0.3 is 0 Å². The molecule has 3 aromatic rings. The van der Waals surface area contributed by atoms with Crippen LogP contribution in [0.4, 0.5) is 5.82 Å². The summed E-state index contributed by atoms with van der Waals surface area (Å²) in [4.78, 5) is 22.6. The normalized spacial score (nSPS) is 13.7. The Morgan fingerprint density at radius 1 is 1.27 bits per heavy atom. The number of nitrogens with one attached hydrogen (secondary N) is 2. The average Bonchev–Trinajstić information content (AvgIpc) is 3.39. The van der Waals surface area contributed by atoms with E-state index in [0.29, 0.717) is 11.5 Å². The van der Waals surface area contributed by atoms with Crippen LogP contribution in [0.2, 0.25) is 0 Å². The molecule has 5 heteroatoms. The number of fused-ring (bicyclic) bond motifs is 1. The quantitative estimate of drug-likeness (QED) is 0.688. The van der Waals surface area contributed by atoms with Crippen molar-refractivity contribution in [2.75, 3.05) is 25.0 Å². The number of likely N-dealkylation sites (N-methyl/N-ethyl adjacent to an activating group) is 1. The van der Waals surface area contributed by atoms with E-state index < -0.39 is 0 Å². The van der Waals surface area contributed by atoms with Gasteiger partial charge in [-0.05, 0) is 42.9 Å². The summed E-state index contributed by atoms with van der Waals surface area (Å²) < 4.78 is 0. The Morgan fingerprint density at radius 3 is 2.85 bits per heavy atom. The van der Waals surface area contributed by atoms with Gasteiger partial charge in [-0.2, -0.15) is 0 Å². The van der Waals surface area contributed by atoms with Gasteiger partial charge in [0.25, 0.3) is 5.91 Å². The number of aromatic nitrogens is 2. The molecule has 4 rings (SSSR count). The Kier molecular flexibility index (Phi) is 4.61. The maximum absolute atomic E-state index is 12.7. The lowest BCUT2D eigenvalue weighted by Gasteiger charge is -2.19. The fourth-order valence-corrected chi connectivity index (χ4v) is 3.12. The molecule has 2 N–H and O–H groups in total. The zero-order valence-corrected chi connectivity index (χ0v) is 15.0. The number of pyridine rings is 1. The number of aromatic amines is 1. The molecule has 134 valence electrons. The van der Waals surface area contributed by atoms with Crippen molar-refractivity contribution < 1.29 is 4.79 Å². The van der Waals surface area contributed by atoms with Crippen molar-refractivity contribution in [3.05, 3.63) is 59.8 Å². The average molecular weight is 348 g/mol.